The SMILES string of the molecule is CCc1nn(C)c(CS(=O)(=O)c2ccc(N)cc2)c1Cl. The monoisotopic (exact) mass is 313 g/mol. The third-order valence-corrected chi connectivity index (χ3v) is 5.15. The van der Waals surface area contributed by atoms with E-state index >= 15 is 0 Å². The quantitative estimate of drug-likeness (QED) is 0.878. The second kappa shape index (κ2) is 5.46. The van der Waals surface area contributed by atoms with Crippen LogP contribution in [0, 0.1) is 0 Å². The van der Waals surface area contributed by atoms with Crippen LogP contribution in [0.1, 0.15) is 18.3 Å². The molecular formula is C13H16ClN3O2S. The van der Waals surface area contributed by atoms with E-state index in [2.05, 4.69) is 5.10 Å². The summed E-state index contributed by atoms with van der Waals surface area (Å²) in [5.74, 6) is -0.181. The smallest absolute Gasteiger partial charge is 0.184 e. The van der Waals surface area contributed by atoms with E-state index in [-0.39, 0.29) is 10.6 Å². The fourth-order valence-corrected chi connectivity index (χ4v) is 3.76. The van der Waals surface area contributed by atoms with E-state index < -0.39 is 9.84 Å². The molecule has 0 spiro atoms. The van der Waals surface area contributed by atoms with Gasteiger partial charge in [-0.3, -0.25) is 4.68 Å². The lowest BCUT2D eigenvalue weighted by Gasteiger charge is -2.06. The van der Waals surface area contributed by atoms with Crippen LogP contribution in [0.25, 0.3) is 0 Å². The Kier molecular flexibility index (Phi) is 4.06. The summed E-state index contributed by atoms with van der Waals surface area (Å²) in [6.07, 6.45) is 0.661. The average Bonchev–Trinajstić information content (AvgIpc) is 2.66. The molecule has 108 valence electrons. The number of anilines is 1. The first-order chi connectivity index (χ1) is 9.35. The molecule has 0 aliphatic rings. The summed E-state index contributed by atoms with van der Waals surface area (Å²) in [6, 6.07) is 6.12. The zero-order valence-corrected chi connectivity index (χ0v) is 12.9. The van der Waals surface area contributed by atoms with Crippen molar-refractivity contribution in [2.45, 2.75) is 24.0 Å². The molecule has 0 radical (unpaired) electrons. The molecule has 2 N–H and O–H groups in total. The highest BCUT2D eigenvalue weighted by Crippen LogP contribution is 2.25. The first-order valence-corrected chi connectivity index (χ1v) is 8.16. The van der Waals surface area contributed by atoms with Gasteiger partial charge >= 0.3 is 0 Å². The van der Waals surface area contributed by atoms with Crippen molar-refractivity contribution < 1.29 is 8.42 Å². The Morgan fingerprint density at radius 3 is 2.40 bits per heavy atom. The standard InChI is InChI=1S/C13H16ClN3O2S/c1-3-11-13(14)12(17(2)16-11)8-20(18,19)10-6-4-9(15)5-7-10/h4-7H,3,8,15H2,1-2H3. The molecule has 0 saturated carbocycles. The van der Waals surface area contributed by atoms with Crippen molar-refractivity contribution in [1.82, 2.24) is 9.78 Å². The molecule has 0 amide bonds. The number of halogens is 1. The Balaban J connectivity index is 2.38. The third-order valence-electron chi connectivity index (χ3n) is 3.07. The maximum absolute atomic E-state index is 12.4. The molecule has 7 heteroatoms. The van der Waals surface area contributed by atoms with Crippen LogP contribution >= 0.6 is 11.6 Å². The molecule has 1 aromatic carbocycles. The van der Waals surface area contributed by atoms with E-state index in [9.17, 15) is 8.42 Å². The highest BCUT2D eigenvalue weighted by Gasteiger charge is 2.21. The lowest BCUT2D eigenvalue weighted by molar-refractivity contribution is 0.591. The van der Waals surface area contributed by atoms with Crippen LogP contribution in [-0.2, 0) is 29.1 Å². The molecule has 2 rings (SSSR count). The number of aromatic nitrogens is 2. The zero-order valence-electron chi connectivity index (χ0n) is 11.3. The molecule has 2 aromatic rings. The predicted octanol–water partition coefficient (Wildman–Crippen LogP) is 2.19. The van der Waals surface area contributed by atoms with Crippen molar-refractivity contribution in [3.8, 4) is 0 Å². The van der Waals surface area contributed by atoms with Gasteiger partial charge in [-0.15, -0.1) is 0 Å². The van der Waals surface area contributed by atoms with Crippen LogP contribution in [0.5, 0.6) is 0 Å². The Hall–Kier alpha value is -1.53. The van der Waals surface area contributed by atoms with Crippen molar-refractivity contribution in [2.75, 3.05) is 5.73 Å². The molecular weight excluding hydrogens is 298 g/mol. The second-order valence-corrected chi connectivity index (χ2v) is 6.88. The molecule has 1 aromatic heterocycles. The summed E-state index contributed by atoms with van der Waals surface area (Å²) < 4.78 is 26.3. The predicted molar refractivity (Wildman–Crippen MR) is 79.3 cm³/mol. The first-order valence-electron chi connectivity index (χ1n) is 6.13. The minimum Gasteiger partial charge on any atom is -0.399 e. The lowest BCUT2D eigenvalue weighted by Crippen LogP contribution is -2.09. The van der Waals surface area contributed by atoms with Crippen LogP contribution in [0.4, 0.5) is 5.69 Å². The van der Waals surface area contributed by atoms with Gasteiger partial charge in [0.25, 0.3) is 0 Å². The normalized spacial score (nSPS) is 11.8. The van der Waals surface area contributed by atoms with Crippen LogP contribution in [0.15, 0.2) is 29.2 Å². The zero-order chi connectivity index (χ0) is 14.9. The van der Waals surface area contributed by atoms with Crippen molar-refractivity contribution in [3.05, 3.63) is 40.7 Å². The lowest BCUT2D eigenvalue weighted by atomic mass is 10.3. The topological polar surface area (TPSA) is 78.0 Å². The van der Waals surface area contributed by atoms with Gasteiger partial charge in [0.1, 0.15) is 0 Å². The van der Waals surface area contributed by atoms with Gasteiger partial charge in [-0.1, -0.05) is 18.5 Å². The summed E-state index contributed by atoms with van der Waals surface area (Å²) in [5, 5.41) is 4.65. The Labute approximate surface area is 123 Å². The number of sulfone groups is 1. The molecule has 0 bridgehead atoms. The Morgan fingerprint density at radius 2 is 1.90 bits per heavy atom. The molecule has 0 atom stereocenters. The highest BCUT2D eigenvalue weighted by molar-refractivity contribution is 7.90. The van der Waals surface area contributed by atoms with Crippen LogP contribution in [0.2, 0.25) is 5.02 Å². The van der Waals surface area contributed by atoms with Crippen LogP contribution < -0.4 is 5.73 Å². The summed E-state index contributed by atoms with van der Waals surface area (Å²) in [7, 11) is -1.78. The van der Waals surface area contributed by atoms with Crippen LogP contribution in [-0.4, -0.2) is 18.2 Å². The van der Waals surface area contributed by atoms with Gasteiger partial charge in [-0.05, 0) is 30.7 Å². The molecule has 0 unspecified atom stereocenters. The first kappa shape index (κ1) is 14.9. The molecule has 1 heterocycles. The number of aryl methyl sites for hydroxylation is 2. The average molecular weight is 314 g/mol. The number of hydrogen-bond donors (Lipinski definition) is 1. The maximum Gasteiger partial charge on any atom is 0.184 e. The van der Waals surface area contributed by atoms with E-state index in [4.69, 9.17) is 17.3 Å². The minimum absolute atomic E-state index is 0.181. The number of hydrogen-bond acceptors (Lipinski definition) is 4. The maximum atomic E-state index is 12.4. The van der Waals surface area contributed by atoms with E-state index in [1.165, 1.54) is 16.8 Å². The van der Waals surface area contributed by atoms with Gasteiger partial charge < -0.3 is 5.73 Å². The molecule has 5 nitrogen and oxygen atoms in total. The number of benzene rings is 1. The van der Waals surface area contributed by atoms with Gasteiger partial charge in [0.05, 0.1) is 27.1 Å². The Bertz CT molecular complexity index is 721. The van der Waals surface area contributed by atoms with Crippen molar-refractivity contribution in [2.24, 2.45) is 7.05 Å². The molecule has 20 heavy (non-hydrogen) atoms. The van der Waals surface area contributed by atoms with Gasteiger partial charge in [-0.25, -0.2) is 8.42 Å². The summed E-state index contributed by atoms with van der Waals surface area (Å²) in [6.45, 7) is 1.92. The molecule has 0 fully saturated rings. The largest absolute Gasteiger partial charge is 0.399 e. The number of nitrogens with zero attached hydrogens (tertiary/aromatic N) is 2. The molecule has 0 saturated heterocycles. The van der Waals surface area contributed by atoms with Crippen molar-refractivity contribution >= 4 is 27.1 Å². The van der Waals surface area contributed by atoms with E-state index in [0.717, 1.165) is 0 Å². The summed E-state index contributed by atoms with van der Waals surface area (Å²) in [4.78, 5) is 0.224. The fraction of sp³-hybridized carbons (Fsp3) is 0.308. The molecule has 0 aliphatic carbocycles. The van der Waals surface area contributed by atoms with Crippen molar-refractivity contribution in [1.29, 1.82) is 0 Å². The van der Waals surface area contributed by atoms with Gasteiger partial charge in [-0.2, -0.15) is 5.10 Å². The number of nitrogen functional groups attached to an aromatic ring is 1. The van der Waals surface area contributed by atoms with Gasteiger partial charge in [0.2, 0.25) is 0 Å². The number of nitrogens with two attached hydrogens (primary N) is 1. The summed E-state index contributed by atoms with van der Waals surface area (Å²) in [5.41, 5.74) is 7.29. The Morgan fingerprint density at radius 1 is 1.30 bits per heavy atom. The van der Waals surface area contributed by atoms with Gasteiger partial charge in [0, 0.05) is 12.7 Å². The molecule has 0 aliphatic heterocycles. The second-order valence-electron chi connectivity index (χ2n) is 4.51. The van der Waals surface area contributed by atoms with Crippen molar-refractivity contribution in [3.63, 3.8) is 0 Å². The highest BCUT2D eigenvalue weighted by atomic mass is 35.5. The summed E-state index contributed by atoms with van der Waals surface area (Å²) >= 11 is 6.18. The van der Waals surface area contributed by atoms with Crippen LogP contribution in [0.3, 0.4) is 0 Å². The van der Waals surface area contributed by atoms with E-state index in [1.54, 1.807) is 19.2 Å². The number of rotatable bonds is 4. The van der Waals surface area contributed by atoms with Gasteiger partial charge in [0.15, 0.2) is 9.84 Å². The fourth-order valence-electron chi connectivity index (χ4n) is 1.92. The minimum atomic E-state index is -3.47. The van der Waals surface area contributed by atoms with E-state index in [1.807, 2.05) is 6.92 Å². The third kappa shape index (κ3) is 2.81. The van der Waals surface area contributed by atoms with E-state index in [0.29, 0.717) is 28.5 Å².